The van der Waals surface area contributed by atoms with Gasteiger partial charge in [-0.3, -0.25) is 0 Å². The summed E-state index contributed by atoms with van der Waals surface area (Å²) in [7, 11) is 0. The number of fused-ring (bicyclic) bond motifs is 1. The Hall–Kier alpha value is -2.00. The SMILES string of the molecule is CC(C)c1ccc(CC(CN)c2ccc3c(c2)OCO3)cc1. The third kappa shape index (κ3) is 3.09. The van der Waals surface area contributed by atoms with E-state index < -0.39 is 0 Å². The minimum Gasteiger partial charge on any atom is -0.454 e. The molecule has 1 aliphatic heterocycles. The fraction of sp³-hybridized carbons (Fsp3) is 0.368. The highest BCUT2D eigenvalue weighted by Crippen LogP contribution is 2.35. The first-order valence-corrected chi connectivity index (χ1v) is 7.86. The molecule has 2 aromatic carbocycles. The average Bonchev–Trinajstić information content (AvgIpc) is 3.00. The molecular weight excluding hydrogens is 274 g/mol. The summed E-state index contributed by atoms with van der Waals surface area (Å²) in [5.41, 5.74) is 9.90. The van der Waals surface area contributed by atoms with Gasteiger partial charge in [0.1, 0.15) is 0 Å². The van der Waals surface area contributed by atoms with Crippen LogP contribution in [0.2, 0.25) is 0 Å². The lowest BCUT2D eigenvalue weighted by atomic mass is 9.91. The number of rotatable bonds is 5. The van der Waals surface area contributed by atoms with Gasteiger partial charge in [-0.25, -0.2) is 0 Å². The second-order valence-electron chi connectivity index (χ2n) is 6.15. The van der Waals surface area contributed by atoms with Gasteiger partial charge in [-0.15, -0.1) is 0 Å². The van der Waals surface area contributed by atoms with Crippen LogP contribution >= 0.6 is 0 Å². The first-order valence-electron chi connectivity index (χ1n) is 7.86. The fourth-order valence-corrected chi connectivity index (χ4v) is 2.83. The van der Waals surface area contributed by atoms with Crippen LogP contribution in [-0.2, 0) is 6.42 Å². The molecule has 1 aliphatic rings. The van der Waals surface area contributed by atoms with Crippen LogP contribution in [0.25, 0.3) is 0 Å². The zero-order valence-corrected chi connectivity index (χ0v) is 13.2. The minimum atomic E-state index is 0.291. The molecule has 0 bridgehead atoms. The third-order valence-corrected chi connectivity index (χ3v) is 4.28. The van der Waals surface area contributed by atoms with Gasteiger partial charge < -0.3 is 15.2 Å². The molecule has 0 saturated heterocycles. The van der Waals surface area contributed by atoms with E-state index in [1.54, 1.807) is 0 Å². The van der Waals surface area contributed by atoms with Gasteiger partial charge in [-0.1, -0.05) is 44.2 Å². The van der Waals surface area contributed by atoms with Crippen molar-refractivity contribution in [1.82, 2.24) is 0 Å². The lowest BCUT2D eigenvalue weighted by molar-refractivity contribution is 0.174. The number of benzene rings is 2. The van der Waals surface area contributed by atoms with Crippen molar-refractivity contribution < 1.29 is 9.47 Å². The summed E-state index contributed by atoms with van der Waals surface area (Å²) in [5.74, 6) is 2.50. The lowest BCUT2D eigenvalue weighted by Crippen LogP contribution is -2.15. The predicted octanol–water partition coefficient (Wildman–Crippen LogP) is 3.82. The monoisotopic (exact) mass is 297 g/mol. The summed E-state index contributed by atoms with van der Waals surface area (Å²) in [5, 5.41) is 0. The molecular formula is C19H23NO2. The summed E-state index contributed by atoms with van der Waals surface area (Å²) in [4.78, 5) is 0. The predicted molar refractivity (Wildman–Crippen MR) is 88.6 cm³/mol. The quantitative estimate of drug-likeness (QED) is 0.912. The van der Waals surface area contributed by atoms with Crippen LogP contribution in [0.4, 0.5) is 0 Å². The van der Waals surface area contributed by atoms with Crippen LogP contribution in [0, 0.1) is 0 Å². The Bertz CT molecular complexity index is 634. The highest BCUT2D eigenvalue weighted by atomic mass is 16.7. The molecule has 0 aromatic heterocycles. The van der Waals surface area contributed by atoms with Crippen LogP contribution in [0.1, 0.15) is 42.4 Å². The van der Waals surface area contributed by atoms with E-state index in [-0.39, 0.29) is 0 Å². The summed E-state index contributed by atoms with van der Waals surface area (Å²) < 4.78 is 10.8. The van der Waals surface area contributed by atoms with Gasteiger partial charge in [0.15, 0.2) is 11.5 Å². The van der Waals surface area contributed by atoms with E-state index in [1.165, 1.54) is 16.7 Å². The van der Waals surface area contributed by atoms with E-state index in [0.717, 1.165) is 17.9 Å². The Balaban J connectivity index is 1.76. The van der Waals surface area contributed by atoms with Gasteiger partial charge >= 0.3 is 0 Å². The first kappa shape index (κ1) is 14.9. The summed E-state index contributed by atoms with van der Waals surface area (Å²) in [6.07, 6.45) is 0.939. The molecule has 0 amide bonds. The van der Waals surface area contributed by atoms with Gasteiger partial charge in [0, 0.05) is 5.92 Å². The average molecular weight is 297 g/mol. The molecule has 1 heterocycles. The molecule has 3 heteroatoms. The summed E-state index contributed by atoms with van der Waals surface area (Å²) >= 11 is 0. The highest BCUT2D eigenvalue weighted by molar-refractivity contribution is 5.45. The van der Waals surface area contributed by atoms with Crippen molar-refractivity contribution in [1.29, 1.82) is 0 Å². The zero-order chi connectivity index (χ0) is 15.5. The maximum absolute atomic E-state index is 6.00. The molecule has 116 valence electrons. The Labute approximate surface area is 132 Å². The zero-order valence-electron chi connectivity index (χ0n) is 13.2. The highest BCUT2D eigenvalue weighted by Gasteiger charge is 2.17. The molecule has 2 aromatic rings. The van der Waals surface area contributed by atoms with Crippen LogP contribution < -0.4 is 15.2 Å². The van der Waals surface area contributed by atoms with E-state index in [0.29, 0.717) is 25.2 Å². The number of hydrogen-bond acceptors (Lipinski definition) is 3. The van der Waals surface area contributed by atoms with Crippen LogP contribution in [0.15, 0.2) is 42.5 Å². The maximum atomic E-state index is 6.00. The smallest absolute Gasteiger partial charge is 0.231 e. The van der Waals surface area contributed by atoms with E-state index >= 15 is 0 Å². The van der Waals surface area contributed by atoms with E-state index in [1.807, 2.05) is 6.07 Å². The fourth-order valence-electron chi connectivity index (χ4n) is 2.83. The van der Waals surface area contributed by atoms with Gasteiger partial charge in [0.05, 0.1) is 0 Å². The van der Waals surface area contributed by atoms with Crippen molar-refractivity contribution in [2.24, 2.45) is 5.73 Å². The van der Waals surface area contributed by atoms with Gasteiger partial charge in [0.25, 0.3) is 0 Å². The molecule has 0 aliphatic carbocycles. The van der Waals surface area contributed by atoms with E-state index in [4.69, 9.17) is 15.2 Å². The Morgan fingerprint density at radius 1 is 0.955 bits per heavy atom. The van der Waals surface area contributed by atoms with Crippen LogP contribution in [0.3, 0.4) is 0 Å². The van der Waals surface area contributed by atoms with Crippen molar-refractivity contribution in [2.45, 2.75) is 32.1 Å². The Morgan fingerprint density at radius 3 is 2.32 bits per heavy atom. The van der Waals surface area contributed by atoms with Crippen molar-refractivity contribution in [3.63, 3.8) is 0 Å². The van der Waals surface area contributed by atoms with E-state index in [9.17, 15) is 0 Å². The lowest BCUT2D eigenvalue weighted by Gasteiger charge is -2.16. The summed E-state index contributed by atoms with van der Waals surface area (Å²) in [6, 6.07) is 15.0. The normalized spacial score (nSPS) is 14.4. The molecule has 2 N–H and O–H groups in total. The number of nitrogens with two attached hydrogens (primary N) is 1. The topological polar surface area (TPSA) is 44.5 Å². The molecule has 3 rings (SSSR count). The molecule has 22 heavy (non-hydrogen) atoms. The molecule has 0 saturated carbocycles. The Kier molecular flexibility index (Phi) is 4.34. The second kappa shape index (κ2) is 6.41. The van der Waals surface area contributed by atoms with Gasteiger partial charge in [-0.05, 0) is 47.7 Å². The van der Waals surface area contributed by atoms with Crippen molar-refractivity contribution in [3.05, 3.63) is 59.2 Å². The van der Waals surface area contributed by atoms with Crippen LogP contribution in [-0.4, -0.2) is 13.3 Å². The standard InChI is InChI=1S/C19H23NO2/c1-13(2)15-5-3-14(4-6-15)9-17(11-20)16-7-8-18-19(10-16)22-12-21-18/h3-8,10,13,17H,9,11-12,20H2,1-2H3. The molecule has 0 fully saturated rings. The minimum absolute atomic E-state index is 0.291. The van der Waals surface area contributed by atoms with Gasteiger partial charge in [-0.2, -0.15) is 0 Å². The number of hydrogen-bond donors (Lipinski definition) is 1. The van der Waals surface area contributed by atoms with Gasteiger partial charge in [0.2, 0.25) is 6.79 Å². The summed E-state index contributed by atoms with van der Waals surface area (Å²) in [6.45, 7) is 5.35. The van der Waals surface area contributed by atoms with Crippen molar-refractivity contribution in [3.8, 4) is 11.5 Å². The first-order chi connectivity index (χ1) is 10.7. The van der Waals surface area contributed by atoms with E-state index in [2.05, 4.69) is 50.2 Å². The third-order valence-electron chi connectivity index (χ3n) is 4.28. The molecule has 1 atom stereocenters. The largest absolute Gasteiger partial charge is 0.454 e. The second-order valence-corrected chi connectivity index (χ2v) is 6.15. The van der Waals surface area contributed by atoms with Crippen molar-refractivity contribution in [2.75, 3.05) is 13.3 Å². The molecule has 0 spiro atoms. The number of ether oxygens (including phenoxy) is 2. The Morgan fingerprint density at radius 2 is 1.64 bits per heavy atom. The van der Waals surface area contributed by atoms with Crippen LogP contribution in [0.5, 0.6) is 11.5 Å². The molecule has 0 radical (unpaired) electrons. The van der Waals surface area contributed by atoms with Crippen molar-refractivity contribution >= 4 is 0 Å². The maximum Gasteiger partial charge on any atom is 0.231 e. The molecule has 1 unspecified atom stereocenters. The molecule has 3 nitrogen and oxygen atoms in total.